The second kappa shape index (κ2) is 5.09. The quantitative estimate of drug-likeness (QED) is 0.638. The van der Waals surface area contributed by atoms with Crippen LogP contribution in [0.25, 0.3) is 0 Å². The number of rotatable bonds is 3. The summed E-state index contributed by atoms with van der Waals surface area (Å²) >= 11 is 0. The van der Waals surface area contributed by atoms with Crippen LogP contribution in [0.15, 0.2) is 0 Å². The van der Waals surface area contributed by atoms with Gasteiger partial charge in [-0.05, 0) is 97.7 Å². The van der Waals surface area contributed by atoms with Gasteiger partial charge >= 0.3 is 0 Å². The summed E-state index contributed by atoms with van der Waals surface area (Å²) in [4.78, 5) is 0. The molecule has 5 saturated carbocycles. The lowest BCUT2D eigenvalue weighted by atomic mass is 9.45. The molecule has 2 nitrogen and oxygen atoms in total. The predicted molar refractivity (Wildman–Crippen MR) is 103 cm³/mol. The molecule has 146 valence electrons. The first-order chi connectivity index (χ1) is 12.5. The van der Waals surface area contributed by atoms with E-state index in [0.29, 0.717) is 28.5 Å². The Morgan fingerprint density at radius 2 is 1.85 bits per heavy atom. The molecule has 0 unspecified atom stereocenters. The van der Waals surface area contributed by atoms with Gasteiger partial charge in [0, 0.05) is 12.5 Å². The minimum absolute atomic E-state index is 0.548. The van der Waals surface area contributed by atoms with Crippen molar-refractivity contribution < 1.29 is 9.47 Å². The highest BCUT2D eigenvalue weighted by atomic mass is 16.6. The molecule has 0 bridgehead atoms. The number of ether oxygens (including phenoxy) is 2. The topological polar surface area (TPSA) is 21.8 Å². The second-order valence-electron chi connectivity index (χ2n) is 11.7. The Bertz CT molecular complexity index is 613. The molecule has 0 radical (unpaired) electrons. The Kier molecular flexibility index (Phi) is 3.30. The molecular formula is C24H38O2. The van der Waals surface area contributed by atoms with Crippen molar-refractivity contribution in [3.63, 3.8) is 0 Å². The minimum Gasteiger partial charge on any atom is -0.381 e. The number of hydrogen-bond acceptors (Lipinski definition) is 2. The molecule has 1 spiro atoms. The van der Waals surface area contributed by atoms with Gasteiger partial charge in [-0.1, -0.05) is 20.8 Å². The van der Waals surface area contributed by atoms with Gasteiger partial charge in [0.2, 0.25) is 0 Å². The molecule has 0 amide bonds. The standard InChI is InChI=1S/C24H38O2/c1-14(20-13-26-20)17-5-6-18-16-11-21(25-4)24-12-15(24)7-10-23(24,3)19(16)8-9-22(17,18)2/h14-21H,5-13H2,1-4H3/t14-,15+,16-,17+,18-,19-,20-,21+,22+,23+,24-/m0/s1. The van der Waals surface area contributed by atoms with Gasteiger partial charge in [0.15, 0.2) is 0 Å². The summed E-state index contributed by atoms with van der Waals surface area (Å²) in [5.41, 5.74) is 1.71. The smallest absolute Gasteiger partial charge is 0.0838 e. The maximum atomic E-state index is 6.25. The predicted octanol–water partition coefficient (Wildman–Crippen LogP) is 5.31. The average molecular weight is 359 g/mol. The van der Waals surface area contributed by atoms with Crippen molar-refractivity contribution in [1.82, 2.24) is 0 Å². The van der Waals surface area contributed by atoms with Gasteiger partial charge in [0.25, 0.3) is 0 Å². The van der Waals surface area contributed by atoms with Crippen molar-refractivity contribution in [2.24, 2.45) is 51.8 Å². The lowest BCUT2D eigenvalue weighted by Gasteiger charge is -2.61. The van der Waals surface area contributed by atoms with Crippen molar-refractivity contribution in [2.75, 3.05) is 13.7 Å². The van der Waals surface area contributed by atoms with Gasteiger partial charge in [-0.25, -0.2) is 0 Å². The summed E-state index contributed by atoms with van der Waals surface area (Å²) < 4.78 is 12.0. The Labute approximate surface area is 159 Å². The highest BCUT2D eigenvalue weighted by Crippen LogP contribution is 2.82. The number of hydrogen-bond donors (Lipinski definition) is 0. The minimum atomic E-state index is 0.548. The third kappa shape index (κ3) is 1.78. The van der Waals surface area contributed by atoms with Gasteiger partial charge in [0.1, 0.15) is 0 Å². The van der Waals surface area contributed by atoms with E-state index >= 15 is 0 Å². The van der Waals surface area contributed by atoms with Crippen molar-refractivity contribution in [3.05, 3.63) is 0 Å². The van der Waals surface area contributed by atoms with Gasteiger partial charge in [0.05, 0.1) is 18.8 Å². The molecule has 1 heterocycles. The van der Waals surface area contributed by atoms with Crippen LogP contribution in [-0.2, 0) is 9.47 Å². The van der Waals surface area contributed by atoms with E-state index in [4.69, 9.17) is 9.47 Å². The van der Waals surface area contributed by atoms with E-state index in [9.17, 15) is 0 Å². The molecule has 2 heteroatoms. The van der Waals surface area contributed by atoms with Crippen molar-refractivity contribution in [2.45, 2.75) is 84.3 Å². The summed E-state index contributed by atoms with van der Waals surface area (Å²) in [5.74, 6) is 5.50. The van der Waals surface area contributed by atoms with Crippen LogP contribution in [0.4, 0.5) is 0 Å². The zero-order chi connectivity index (χ0) is 17.9. The van der Waals surface area contributed by atoms with E-state index in [1.165, 1.54) is 51.4 Å². The van der Waals surface area contributed by atoms with Crippen LogP contribution in [0.2, 0.25) is 0 Å². The number of methoxy groups -OCH3 is 1. The number of fused-ring (bicyclic) bond motifs is 4. The maximum Gasteiger partial charge on any atom is 0.0838 e. The first-order valence-corrected chi connectivity index (χ1v) is 11.6. The molecule has 11 atom stereocenters. The Hall–Kier alpha value is -0.0800. The molecule has 0 aromatic rings. The fourth-order valence-electron chi connectivity index (χ4n) is 10.1. The van der Waals surface area contributed by atoms with Crippen LogP contribution in [0.1, 0.15) is 72.1 Å². The molecule has 6 aliphatic rings. The molecule has 26 heavy (non-hydrogen) atoms. The third-order valence-electron chi connectivity index (χ3n) is 11.5. The van der Waals surface area contributed by atoms with E-state index in [2.05, 4.69) is 20.8 Å². The highest BCUT2D eigenvalue weighted by molar-refractivity contribution is 5.26. The fourth-order valence-corrected chi connectivity index (χ4v) is 10.1. The Morgan fingerprint density at radius 1 is 1.04 bits per heavy atom. The van der Waals surface area contributed by atoms with E-state index in [1.807, 2.05) is 7.11 Å². The highest BCUT2D eigenvalue weighted by Gasteiger charge is 2.77. The lowest BCUT2D eigenvalue weighted by molar-refractivity contribution is -0.161. The van der Waals surface area contributed by atoms with E-state index < -0.39 is 0 Å². The second-order valence-corrected chi connectivity index (χ2v) is 11.7. The first-order valence-electron chi connectivity index (χ1n) is 11.6. The monoisotopic (exact) mass is 358 g/mol. The summed E-state index contributed by atoms with van der Waals surface area (Å²) in [5, 5.41) is 0. The largest absolute Gasteiger partial charge is 0.381 e. The van der Waals surface area contributed by atoms with Crippen LogP contribution in [0.3, 0.4) is 0 Å². The summed E-state index contributed by atoms with van der Waals surface area (Å²) in [6, 6.07) is 0. The van der Waals surface area contributed by atoms with E-state index in [1.54, 1.807) is 0 Å². The van der Waals surface area contributed by atoms with Gasteiger partial charge in [-0.2, -0.15) is 0 Å². The first kappa shape index (κ1) is 16.8. The molecule has 6 fully saturated rings. The normalized spacial score (nSPS) is 63.5. The van der Waals surface area contributed by atoms with Crippen molar-refractivity contribution in [3.8, 4) is 0 Å². The molecule has 5 aliphatic carbocycles. The average Bonchev–Trinajstić information content (AvgIpc) is 3.52. The Balaban J connectivity index is 1.34. The Morgan fingerprint density at radius 3 is 2.54 bits per heavy atom. The van der Waals surface area contributed by atoms with Crippen molar-refractivity contribution >= 4 is 0 Å². The van der Waals surface area contributed by atoms with Gasteiger partial charge in [-0.15, -0.1) is 0 Å². The van der Waals surface area contributed by atoms with Crippen LogP contribution in [0, 0.1) is 51.8 Å². The zero-order valence-corrected chi connectivity index (χ0v) is 17.3. The van der Waals surface area contributed by atoms with Gasteiger partial charge in [-0.3, -0.25) is 0 Å². The van der Waals surface area contributed by atoms with Crippen LogP contribution >= 0.6 is 0 Å². The molecule has 1 saturated heterocycles. The van der Waals surface area contributed by atoms with E-state index in [-0.39, 0.29) is 0 Å². The fraction of sp³-hybridized carbons (Fsp3) is 1.00. The lowest BCUT2D eigenvalue weighted by Crippen LogP contribution is -2.57. The number of epoxide rings is 1. The van der Waals surface area contributed by atoms with Gasteiger partial charge < -0.3 is 9.47 Å². The zero-order valence-electron chi connectivity index (χ0n) is 17.3. The van der Waals surface area contributed by atoms with E-state index in [0.717, 1.165) is 42.1 Å². The van der Waals surface area contributed by atoms with Crippen LogP contribution < -0.4 is 0 Å². The van der Waals surface area contributed by atoms with Crippen LogP contribution in [0.5, 0.6) is 0 Å². The third-order valence-corrected chi connectivity index (χ3v) is 11.5. The SMILES string of the molecule is CO[C@@H]1C[C@H]2[C@@H]3CC[C@H]([C@H](C)[C@@H]4CO4)[C@@]3(C)CC[C@@H]2[C@@]2(C)CC[C@@H]3C[C@]312. The summed E-state index contributed by atoms with van der Waals surface area (Å²) in [6.07, 6.45) is 12.8. The molecule has 0 aromatic heterocycles. The molecule has 0 aromatic carbocycles. The molecule has 6 rings (SSSR count). The summed E-state index contributed by atoms with van der Waals surface area (Å²) in [7, 11) is 2.01. The van der Waals surface area contributed by atoms with Crippen LogP contribution in [-0.4, -0.2) is 25.9 Å². The maximum absolute atomic E-state index is 6.25. The summed E-state index contributed by atoms with van der Waals surface area (Å²) in [6.45, 7) is 8.88. The molecule has 0 N–H and O–H groups in total. The molecule has 1 aliphatic heterocycles. The van der Waals surface area contributed by atoms with Crippen molar-refractivity contribution in [1.29, 1.82) is 0 Å². The molecular weight excluding hydrogens is 320 g/mol.